The van der Waals surface area contributed by atoms with Gasteiger partial charge in [0, 0.05) is 24.9 Å². The molecule has 3 heterocycles. The molecular formula is C17H20FN5O3. The lowest BCUT2D eigenvalue weighted by Gasteiger charge is -2.26. The lowest BCUT2D eigenvalue weighted by molar-refractivity contribution is 0.174. The Morgan fingerprint density at radius 2 is 2.19 bits per heavy atom. The van der Waals surface area contributed by atoms with Crippen LogP contribution >= 0.6 is 0 Å². The van der Waals surface area contributed by atoms with Gasteiger partial charge in [0.05, 0.1) is 0 Å². The fourth-order valence-electron chi connectivity index (χ4n) is 3.29. The van der Waals surface area contributed by atoms with Crippen molar-refractivity contribution >= 4 is 11.7 Å². The summed E-state index contributed by atoms with van der Waals surface area (Å²) in [6.45, 7) is 4.72. The van der Waals surface area contributed by atoms with Crippen molar-refractivity contribution in [3.05, 3.63) is 29.6 Å². The molecule has 0 aliphatic carbocycles. The highest BCUT2D eigenvalue weighted by molar-refractivity contribution is 5.92. The minimum Gasteiger partial charge on any atom is -0.454 e. The Labute approximate surface area is 149 Å². The van der Waals surface area contributed by atoms with Crippen molar-refractivity contribution in [3.63, 3.8) is 0 Å². The van der Waals surface area contributed by atoms with Crippen molar-refractivity contribution in [2.24, 2.45) is 0 Å². The van der Waals surface area contributed by atoms with E-state index >= 15 is 0 Å². The molecule has 0 saturated heterocycles. The first-order valence-corrected chi connectivity index (χ1v) is 8.60. The molecule has 138 valence electrons. The first kappa shape index (κ1) is 16.6. The molecule has 1 unspecified atom stereocenters. The Bertz CT molecular complexity index is 851. The molecule has 8 nitrogen and oxygen atoms in total. The number of rotatable bonds is 3. The monoisotopic (exact) mass is 361 g/mol. The number of nitrogens with one attached hydrogen (secondary N) is 2. The highest BCUT2D eigenvalue weighted by Crippen LogP contribution is 2.40. The Balaban J connectivity index is 1.45. The molecule has 2 aliphatic rings. The number of aryl methyl sites for hydroxylation is 1. The molecule has 0 radical (unpaired) electrons. The van der Waals surface area contributed by atoms with E-state index in [1.165, 1.54) is 12.1 Å². The van der Waals surface area contributed by atoms with Gasteiger partial charge in [-0.3, -0.25) is 0 Å². The summed E-state index contributed by atoms with van der Waals surface area (Å²) in [5, 5.41) is 13.9. The van der Waals surface area contributed by atoms with Gasteiger partial charge in [-0.05, 0) is 18.6 Å². The van der Waals surface area contributed by atoms with Gasteiger partial charge in [0.25, 0.3) is 0 Å². The number of carbonyl (C=O) groups excluding carboxylic acids is 1. The summed E-state index contributed by atoms with van der Waals surface area (Å²) in [4.78, 5) is 12.4. The van der Waals surface area contributed by atoms with Gasteiger partial charge in [0.15, 0.2) is 17.3 Å². The van der Waals surface area contributed by atoms with E-state index in [9.17, 15) is 9.18 Å². The fraction of sp³-hybridized carbons (Fsp3) is 0.471. The van der Waals surface area contributed by atoms with E-state index in [-0.39, 0.29) is 30.2 Å². The van der Waals surface area contributed by atoms with E-state index in [1.54, 1.807) is 0 Å². The van der Waals surface area contributed by atoms with Crippen molar-refractivity contribution < 1.29 is 18.7 Å². The number of nitrogens with zero attached hydrogens (tertiary/aromatic N) is 3. The molecule has 0 spiro atoms. The van der Waals surface area contributed by atoms with Gasteiger partial charge in [-0.1, -0.05) is 13.8 Å². The quantitative estimate of drug-likeness (QED) is 0.876. The number of hydrogen-bond acceptors (Lipinski definition) is 5. The largest absolute Gasteiger partial charge is 0.454 e. The SMILES string of the molecule is CC(C)c1nnc2n1CC(NC(=O)Nc1c(F)ccc3c1OCO3)CC2. The summed E-state index contributed by atoms with van der Waals surface area (Å²) in [5.41, 5.74) is -0.0128. The molecule has 0 bridgehead atoms. The molecule has 2 aromatic rings. The van der Waals surface area contributed by atoms with E-state index < -0.39 is 11.8 Å². The molecule has 2 amide bonds. The molecule has 0 saturated carbocycles. The molecule has 26 heavy (non-hydrogen) atoms. The number of amides is 2. The Morgan fingerprint density at radius 1 is 1.35 bits per heavy atom. The van der Waals surface area contributed by atoms with Crippen LogP contribution in [0.4, 0.5) is 14.9 Å². The number of benzene rings is 1. The van der Waals surface area contributed by atoms with Gasteiger partial charge in [-0.15, -0.1) is 10.2 Å². The fourth-order valence-corrected chi connectivity index (χ4v) is 3.29. The van der Waals surface area contributed by atoms with Crippen LogP contribution in [0.15, 0.2) is 12.1 Å². The Hall–Kier alpha value is -2.84. The summed E-state index contributed by atoms with van der Waals surface area (Å²) >= 11 is 0. The van der Waals surface area contributed by atoms with Gasteiger partial charge in [-0.2, -0.15) is 0 Å². The second-order valence-electron chi connectivity index (χ2n) is 6.73. The maximum absolute atomic E-state index is 14.1. The average molecular weight is 361 g/mol. The third-order valence-corrected chi connectivity index (χ3v) is 4.55. The van der Waals surface area contributed by atoms with Gasteiger partial charge >= 0.3 is 6.03 Å². The second kappa shape index (κ2) is 6.47. The molecule has 2 aliphatic heterocycles. The third-order valence-electron chi connectivity index (χ3n) is 4.55. The number of halogens is 1. The van der Waals surface area contributed by atoms with Crippen LogP contribution in [0, 0.1) is 5.82 Å². The number of ether oxygens (including phenoxy) is 2. The summed E-state index contributed by atoms with van der Waals surface area (Å²) in [6, 6.07) is 2.14. The van der Waals surface area contributed by atoms with Crippen molar-refractivity contribution in [2.45, 2.75) is 45.2 Å². The number of aromatic nitrogens is 3. The molecule has 1 aromatic carbocycles. The van der Waals surface area contributed by atoms with Gasteiger partial charge in [0.2, 0.25) is 6.79 Å². The Morgan fingerprint density at radius 3 is 3.00 bits per heavy atom. The lowest BCUT2D eigenvalue weighted by atomic mass is 10.1. The predicted molar refractivity (Wildman–Crippen MR) is 90.9 cm³/mol. The van der Waals surface area contributed by atoms with E-state index in [2.05, 4.69) is 39.2 Å². The molecule has 4 rings (SSSR count). The smallest absolute Gasteiger partial charge is 0.319 e. The van der Waals surface area contributed by atoms with Crippen molar-refractivity contribution in [2.75, 3.05) is 12.1 Å². The summed E-state index contributed by atoms with van der Waals surface area (Å²) in [5.74, 6) is 2.15. The van der Waals surface area contributed by atoms with E-state index in [4.69, 9.17) is 9.47 Å². The zero-order chi connectivity index (χ0) is 18.3. The van der Waals surface area contributed by atoms with E-state index in [1.807, 2.05) is 0 Å². The zero-order valence-electron chi connectivity index (χ0n) is 14.6. The van der Waals surface area contributed by atoms with Gasteiger partial charge < -0.3 is 24.7 Å². The summed E-state index contributed by atoms with van der Waals surface area (Å²) in [7, 11) is 0. The number of anilines is 1. The van der Waals surface area contributed by atoms with Crippen LogP contribution in [0.5, 0.6) is 11.5 Å². The molecular weight excluding hydrogens is 341 g/mol. The predicted octanol–water partition coefficient (Wildman–Crippen LogP) is 2.41. The molecule has 2 N–H and O–H groups in total. The first-order valence-electron chi connectivity index (χ1n) is 8.60. The third kappa shape index (κ3) is 2.93. The second-order valence-corrected chi connectivity index (χ2v) is 6.73. The highest BCUT2D eigenvalue weighted by atomic mass is 19.1. The number of carbonyl (C=O) groups is 1. The van der Waals surface area contributed by atoms with Gasteiger partial charge in [-0.25, -0.2) is 9.18 Å². The van der Waals surface area contributed by atoms with Crippen molar-refractivity contribution in [1.82, 2.24) is 20.1 Å². The standard InChI is InChI=1S/C17H20FN5O3/c1-9(2)16-22-21-13-6-3-10(7-23(13)16)19-17(24)20-14-11(18)4-5-12-15(14)26-8-25-12/h4-5,9-10H,3,6-8H2,1-2H3,(H2,19,20,24). The first-order chi connectivity index (χ1) is 12.5. The van der Waals surface area contributed by atoms with Crippen molar-refractivity contribution in [1.29, 1.82) is 0 Å². The van der Waals surface area contributed by atoms with Crippen LogP contribution in [0.2, 0.25) is 0 Å². The van der Waals surface area contributed by atoms with Crippen LogP contribution in [0.25, 0.3) is 0 Å². The Kier molecular flexibility index (Phi) is 4.14. The molecule has 1 aromatic heterocycles. The van der Waals surface area contributed by atoms with Gasteiger partial charge in [0.1, 0.15) is 17.3 Å². The molecule has 1 atom stereocenters. The van der Waals surface area contributed by atoms with E-state index in [0.717, 1.165) is 24.5 Å². The van der Waals surface area contributed by atoms with Crippen LogP contribution in [0.1, 0.15) is 37.8 Å². The molecule has 0 fully saturated rings. The van der Waals surface area contributed by atoms with Crippen LogP contribution in [0.3, 0.4) is 0 Å². The lowest BCUT2D eigenvalue weighted by Crippen LogP contribution is -2.43. The van der Waals surface area contributed by atoms with Crippen molar-refractivity contribution in [3.8, 4) is 11.5 Å². The van der Waals surface area contributed by atoms with Crippen LogP contribution in [-0.4, -0.2) is 33.6 Å². The number of fused-ring (bicyclic) bond motifs is 2. The van der Waals surface area contributed by atoms with E-state index in [0.29, 0.717) is 12.3 Å². The van der Waals surface area contributed by atoms with Crippen LogP contribution in [-0.2, 0) is 13.0 Å². The number of hydrogen-bond donors (Lipinski definition) is 2. The topological polar surface area (TPSA) is 90.3 Å². The summed E-state index contributed by atoms with van der Waals surface area (Å²) in [6.07, 6.45) is 1.48. The highest BCUT2D eigenvalue weighted by Gasteiger charge is 2.27. The summed E-state index contributed by atoms with van der Waals surface area (Å²) < 4.78 is 26.6. The van der Waals surface area contributed by atoms with Crippen LogP contribution < -0.4 is 20.1 Å². The normalized spacial score (nSPS) is 17.9. The number of urea groups is 1. The zero-order valence-corrected chi connectivity index (χ0v) is 14.6. The minimum absolute atomic E-state index is 0.00605. The average Bonchev–Trinajstić information content (AvgIpc) is 3.23. The maximum Gasteiger partial charge on any atom is 0.319 e. The minimum atomic E-state index is -0.573. The molecule has 9 heteroatoms. The maximum atomic E-state index is 14.1.